The molecule has 1 aromatic carbocycles. The molecule has 4 nitrogen and oxygen atoms in total. The molecular weight excluding hydrogens is 339 g/mol. The van der Waals surface area contributed by atoms with Crippen LogP contribution in [0.1, 0.15) is 15.9 Å². The van der Waals surface area contributed by atoms with E-state index in [1.54, 1.807) is 32.3 Å². The molecule has 0 atom stereocenters. The van der Waals surface area contributed by atoms with E-state index in [1.165, 1.54) is 27.8 Å². The molecule has 110 valence electrons. The SMILES string of the molecule is CN(Cc1cc(Br)ccc1F)C(=O)c1ccn(C)c(=O)c1. The molecule has 0 radical (unpaired) electrons. The molecule has 0 N–H and O–H groups in total. The highest BCUT2D eigenvalue weighted by atomic mass is 79.9. The second-order valence-corrected chi connectivity index (χ2v) is 5.68. The number of amides is 1. The fourth-order valence-corrected chi connectivity index (χ4v) is 2.30. The topological polar surface area (TPSA) is 42.3 Å². The maximum atomic E-state index is 13.7. The van der Waals surface area contributed by atoms with Crippen LogP contribution < -0.4 is 5.56 Å². The molecule has 0 aliphatic heterocycles. The Labute approximate surface area is 129 Å². The highest BCUT2D eigenvalue weighted by Crippen LogP contribution is 2.17. The zero-order valence-corrected chi connectivity index (χ0v) is 13.2. The number of benzene rings is 1. The third-order valence-corrected chi connectivity index (χ3v) is 3.61. The van der Waals surface area contributed by atoms with Crippen LogP contribution in [0, 0.1) is 5.82 Å². The van der Waals surface area contributed by atoms with Gasteiger partial charge in [-0.15, -0.1) is 0 Å². The molecule has 0 saturated carbocycles. The standard InChI is InChI=1S/C15H14BrFN2O2/c1-18-6-5-10(8-14(18)20)15(21)19(2)9-11-7-12(16)3-4-13(11)17/h3-8H,9H2,1-2H3. The normalized spacial score (nSPS) is 10.5. The minimum atomic E-state index is -0.373. The molecule has 6 heteroatoms. The summed E-state index contributed by atoms with van der Waals surface area (Å²) in [5.41, 5.74) is 0.433. The van der Waals surface area contributed by atoms with Gasteiger partial charge in [0.15, 0.2) is 0 Å². The fourth-order valence-electron chi connectivity index (χ4n) is 1.89. The molecule has 0 aliphatic rings. The number of aromatic nitrogens is 1. The van der Waals surface area contributed by atoms with Crippen molar-refractivity contribution in [2.45, 2.75) is 6.54 Å². The first kappa shape index (κ1) is 15.4. The van der Waals surface area contributed by atoms with Crippen molar-refractivity contribution in [2.24, 2.45) is 7.05 Å². The van der Waals surface area contributed by atoms with Crippen LogP contribution in [0.25, 0.3) is 0 Å². The summed E-state index contributed by atoms with van der Waals surface area (Å²) in [5, 5.41) is 0. The molecule has 2 aromatic rings. The number of carbonyl (C=O) groups is 1. The summed E-state index contributed by atoms with van der Waals surface area (Å²) in [6.45, 7) is 0.124. The number of pyridine rings is 1. The van der Waals surface area contributed by atoms with Gasteiger partial charge in [0.2, 0.25) is 0 Å². The molecule has 1 amide bonds. The summed E-state index contributed by atoms with van der Waals surface area (Å²) in [5.74, 6) is -0.700. The van der Waals surface area contributed by atoms with Gasteiger partial charge < -0.3 is 9.47 Å². The summed E-state index contributed by atoms with van der Waals surface area (Å²) in [6.07, 6.45) is 1.53. The lowest BCUT2D eigenvalue weighted by atomic mass is 10.2. The van der Waals surface area contributed by atoms with Crippen molar-refractivity contribution < 1.29 is 9.18 Å². The number of halogens is 2. The number of rotatable bonds is 3. The third-order valence-electron chi connectivity index (χ3n) is 3.11. The van der Waals surface area contributed by atoms with E-state index in [1.807, 2.05) is 0 Å². The van der Waals surface area contributed by atoms with Crippen LogP contribution in [-0.2, 0) is 13.6 Å². The Kier molecular flexibility index (Phi) is 4.57. The van der Waals surface area contributed by atoms with Crippen molar-refractivity contribution in [2.75, 3.05) is 7.05 Å². The molecule has 0 bridgehead atoms. The van der Waals surface area contributed by atoms with E-state index in [0.717, 1.165) is 4.47 Å². The largest absolute Gasteiger partial charge is 0.337 e. The van der Waals surface area contributed by atoms with Crippen molar-refractivity contribution in [1.82, 2.24) is 9.47 Å². The summed E-state index contributed by atoms with van der Waals surface area (Å²) in [4.78, 5) is 25.2. The molecule has 0 saturated heterocycles. The van der Waals surface area contributed by atoms with E-state index >= 15 is 0 Å². The Morgan fingerprint density at radius 2 is 2.05 bits per heavy atom. The van der Waals surface area contributed by atoms with E-state index in [9.17, 15) is 14.0 Å². The number of hydrogen-bond donors (Lipinski definition) is 0. The molecular formula is C15H14BrFN2O2. The van der Waals surface area contributed by atoms with Crippen molar-refractivity contribution in [3.63, 3.8) is 0 Å². The molecule has 0 fully saturated rings. The van der Waals surface area contributed by atoms with Crippen molar-refractivity contribution in [3.05, 3.63) is 68.3 Å². The summed E-state index contributed by atoms with van der Waals surface area (Å²) in [7, 11) is 3.18. The van der Waals surface area contributed by atoms with Crippen LogP contribution in [-0.4, -0.2) is 22.4 Å². The van der Waals surface area contributed by atoms with E-state index in [-0.39, 0.29) is 29.4 Å². The first-order valence-electron chi connectivity index (χ1n) is 6.24. The third kappa shape index (κ3) is 3.58. The van der Waals surface area contributed by atoms with E-state index in [4.69, 9.17) is 0 Å². The van der Waals surface area contributed by atoms with E-state index in [0.29, 0.717) is 5.56 Å². The molecule has 0 spiro atoms. The highest BCUT2D eigenvalue weighted by molar-refractivity contribution is 9.10. The second kappa shape index (κ2) is 6.22. The Balaban J connectivity index is 2.21. The van der Waals surface area contributed by atoms with Gasteiger partial charge in [-0.2, -0.15) is 0 Å². The van der Waals surface area contributed by atoms with Gasteiger partial charge in [-0.25, -0.2) is 4.39 Å². The highest BCUT2D eigenvalue weighted by Gasteiger charge is 2.14. The Morgan fingerprint density at radius 1 is 1.33 bits per heavy atom. The molecule has 1 aromatic heterocycles. The molecule has 0 aliphatic carbocycles. The maximum absolute atomic E-state index is 13.7. The zero-order chi connectivity index (χ0) is 15.6. The Morgan fingerprint density at radius 3 is 2.71 bits per heavy atom. The first-order chi connectivity index (χ1) is 9.88. The fraction of sp³-hybridized carbons (Fsp3) is 0.200. The summed E-state index contributed by atoms with van der Waals surface area (Å²) < 4.78 is 15.8. The Hall–Kier alpha value is -1.95. The van der Waals surface area contributed by atoms with Gasteiger partial charge in [-0.05, 0) is 24.3 Å². The van der Waals surface area contributed by atoms with Gasteiger partial charge in [-0.3, -0.25) is 9.59 Å². The zero-order valence-electron chi connectivity index (χ0n) is 11.6. The van der Waals surface area contributed by atoms with Crippen molar-refractivity contribution in [1.29, 1.82) is 0 Å². The number of hydrogen-bond acceptors (Lipinski definition) is 2. The van der Waals surface area contributed by atoms with Crippen LogP contribution in [0.15, 0.2) is 45.8 Å². The summed E-state index contributed by atoms with van der Waals surface area (Å²) >= 11 is 3.27. The van der Waals surface area contributed by atoms with E-state index < -0.39 is 0 Å². The summed E-state index contributed by atoms with van der Waals surface area (Å²) in [6, 6.07) is 7.41. The van der Waals surface area contributed by atoms with Crippen molar-refractivity contribution >= 4 is 21.8 Å². The first-order valence-corrected chi connectivity index (χ1v) is 7.04. The smallest absolute Gasteiger partial charge is 0.254 e. The average Bonchev–Trinajstić information content (AvgIpc) is 2.45. The van der Waals surface area contributed by atoms with Crippen LogP contribution in [0.5, 0.6) is 0 Å². The number of aryl methyl sites for hydroxylation is 1. The Bertz CT molecular complexity index is 743. The number of carbonyl (C=O) groups excluding carboxylic acids is 1. The number of nitrogens with zero attached hydrogens (tertiary/aromatic N) is 2. The maximum Gasteiger partial charge on any atom is 0.254 e. The molecule has 2 rings (SSSR count). The molecule has 1 heterocycles. The lowest BCUT2D eigenvalue weighted by molar-refractivity contribution is 0.0783. The molecule has 21 heavy (non-hydrogen) atoms. The van der Waals surface area contributed by atoms with Crippen LogP contribution >= 0.6 is 15.9 Å². The predicted molar refractivity (Wildman–Crippen MR) is 81.6 cm³/mol. The van der Waals surface area contributed by atoms with Gasteiger partial charge in [0.1, 0.15) is 5.82 Å². The van der Waals surface area contributed by atoms with Crippen LogP contribution in [0.4, 0.5) is 4.39 Å². The van der Waals surface area contributed by atoms with Gasteiger partial charge >= 0.3 is 0 Å². The minimum absolute atomic E-state index is 0.124. The van der Waals surface area contributed by atoms with Crippen molar-refractivity contribution in [3.8, 4) is 0 Å². The van der Waals surface area contributed by atoms with Crippen LogP contribution in [0.3, 0.4) is 0 Å². The molecule has 0 unspecified atom stereocenters. The average molecular weight is 353 g/mol. The minimum Gasteiger partial charge on any atom is -0.337 e. The van der Waals surface area contributed by atoms with Gasteiger partial charge in [0.25, 0.3) is 11.5 Å². The van der Waals surface area contributed by atoms with Gasteiger partial charge in [0, 0.05) is 48.5 Å². The monoisotopic (exact) mass is 352 g/mol. The predicted octanol–water partition coefficient (Wildman–Crippen LogP) is 2.56. The van der Waals surface area contributed by atoms with E-state index in [2.05, 4.69) is 15.9 Å². The van der Waals surface area contributed by atoms with Crippen LogP contribution in [0.2, 0.25) is 0 Å². The van der Waals surface area contributed by atoms with Gasteiger partial charge in [-0.1, -0.05) is 15.9 Å². The lowest BCUT2D eigenvalue weighted by Gasteiger charge is -2.18. The quantitative estimate of drug-likeness (QED) is 0.851. The lowest BCUT2D eigenvalue weighted by Crippen LogP contribution is -2.28. The second-order valence-electron chi connectivity index (χ2n) is 4.76. The van der Waals surface area contributed by atoms with Gasteiger partial charge in [0.05, 0.1) is 0 Å².